The highest BCUT2D eigenvalue weighted by atomic mass is 32.2. The van der Waals surface area contributed by atoms with Gasteiger partial charge in [0, 0.05) is 36.4 Å². The third-order valence-corrected chi connectivity index (χ3v) is 5.10. The maximum atomic E-state index is 12.5. The van der Waals surface area contributed by atoms with Gasteiger partial charge in [-0.05, 0) is 25.5 Å². The van der Waals surface area contributed by atoms with E-state index in [1.54, 1.807) is 7.11 Å². The molecule has 0 aliphatic rings. The Balaban J connectivity index is 1.91. The minimum absolute atomic E-state index is 0.108. The highest BCUT2D eigenvalue weighted by molar-refractivity contribution is 8.00. The van der Waals surface area contributed by atoms with Gasteiger partial charge in [0.25, 0.3) is 0 Å². The van der Waals surface area contributed by atoms with Crippen molar-refractivity contribution in [3.05, 3.63) is 58.9 Å². The van der Waals surface area contributed by atoms with Crippen molar-refractivity contribution in [3.63, 3.8) is 0 Å². The number of methoxy groups -OCH3 is 1. The van der Waals surface area contributed by atoms with Gasteiger partial charge in [0.15, 0.2) is 5.78 Å². The maximum Gasteiger partial charge on any atom is 0.174 e. The van der Waals surface area contributed by atoms with Gasteiger partial charge < -0.3 is 14.4 Å². The van der Waals surface area contributed by atoms with Gasteiger partial charge in [0.2, 0.25) is 0 Å². The molecule has 0 aliphatic heterocycles. The third kappa shape index (κ3) is 4.72. The van der Waals surface area contributed by atoms with Crippen LogP contribution in [0.1, 0.15) is 33.4 Å². The average Bonchev–Trinajstić information content (AvgIpc) is 2.88. The Morgan fingerprint density at radius 1 is 1.29 bits per heavy atom. The summed E-state index contributed by atoms with van der Waals surface area (Å²) in [7, 11) is 1.68. The van der Waals surface area contributed by atoms with Crippen LogP contribution in [-0.2, 0) is 11.3 Å². The lowest BCUT2D eigenvalue weighted by molar-refractivity contribution is 0.102. The number of rotatable bonds is 9. The van der Waals surface area contributed by atoms with Gasteiger partial charge in [0.1, 0.15) is 0 Å². The lowest BCUT2D eigenvalue weighted by Crippen LogP contribution is -2.10. The molecule has 0 fully saturated rings. The molecule has 24 heavy (non-hydrogen) atoms. The van der Waals surface area contributed by atoms with E-state index in [9.17, 15) is 9.90 Å². The molecule has 0 amide bonds. The molecular weight excluding hydrogens is 322 g/mol. The number of Topliss-reactive ketones (excluding diaryl/α,β-unsaturated/α-hetero) is 1. The molecule has 1 heterocycles. The van der Waals surface area contributed by atoms with E-state index in [-0.39, 0.29) is 5.78 Å². The second-order valence-electron chi connectivity index (χ2n) is 5.79. The van der Waals surface area contributed by atoms with Gasteiger partial charge in [0.05, 0.1) is 18.5 Å². The second kappa shape index (κ2) is 9.06. The molecule has 0 spiro atoms. The molecule has 1 aromatic carbocycles. The minimum atomic E-state index is -0.543. The highest BCUT2D eigenvalue weighted by Crippen LogP contribution is 2.21. The fourth-order valence-corrected chi connectivity index (χ4v) is 3.60. The quantitative estimate of drug-likeness (QED) is 0.707. The van der Waals surface area contributed by atoms with Crippen molar-refractivity contribution in [2.24, 2.45) is 0 Å². The van der Waals surface area contributed by atoms with Crippen LogP contribution in [0.2, 0.25) is 0 Å². The first-order valence-electron chi connectivity index (χ1n) is 8.04. The van der Waals surface area contributed by atoms with Crippen LogP contribution in [0.4, 0.5) is 0 Å². The van der Waals surface area contributed by atoms with Crippen LogP contribution in [0, 0.1) is 13.8 Å². The van der Waals surface area contributed by atoms with Crippen LogP contribution in [0.15, 0.2) is 36.4 Å². The van der Waals surface area contributed by atoms with Crippen molar-refractivity contribution < 1.29 is 14.6 Å². The monoisotopic (exact) mass is 347 g/mol. The summed E-state index contributed by atoms with van der Waals surface area (Å²) in [6, 6.07) is 11.5. The van der Waals surface area contributed by atoms with Crippen molar-refractivity contribution >= 4 is 17.5 Å². The number of hydrogen-bond acceptors (Lipinski definition) is 4. The number of aryl methyl sites for hydroxylation is 1. The Morgan fingerprint density at radius 3 is 2.67 bits per heavy atom. The first kappa shape index (κ1) is 18.8. The Morgan fingerprint density at radius 2 is 2.00 bits per heavy atom. The number of aliphatic hydroxyl groups is 1. The first-order chi connectivity index (χ1) is 11.5. The van der Waals surface area contributed by atoms with Crippen LogP contribution in [0.25, 0.3) is 0 Å². The van der Waals surface area contributed by atoms with Gasteiger partial charge in [-0.1, -0.05) is 30.3 Å². The average molecular weight is 347 g/mol. The fourth-order valence-electron chi connectivity index (χ4n) is 2.72. The minimum Gasteiger partial charge on any atom is -0.388 e. The number of ether oxygens (including phenoxy) is 1. The molecular formula is C19H25NO3S. The molecule has 1 atom stereocenters. The summed E-state index contributed by atoms with van der Waals surface area (Å²) >= 11 is 1.47. The van der Waals surface area contributed by atoms with Gasteiger partial charge in [-0.2, -0.15) is 11.8 Å². The number of aromatic nitrogens is 1. The van der Waals surface area contributed by atoms with E-state index in [2.05, 4.69) is 4.57 Å². The Labute approximate surface area is 147 Å². The number of aliphatic hydroxyl groups excluding tert-OH is 1. The van der Waals surface area contributed by atoms with Gasteiger partial charge in [-0.25, -0.2) is 0 Å². The molecule has 0 radical (unpaired) electrons. The second-order valence-corrected chi connectivity index (χ2v) is 6.82. The van der Waals surface area contributed by atoms with Crippen molar-refractivity contribution in [1.82, 2.24) is 4.57 Å². The van der Waals surface area contributed by atoms with Crippen molar-refractivity contribution in [2.75, 3.05) is 25.2 Å². The number of carbonyl (C=O) groups excluding carboxylic acids is 1. The number of benzene rings is 1. The number of carbonyl (C=O) groups is 1. The lowest BCUT2D eigenvalue weighted by Gasteiger charge is -2.10. The van der Waals surface area contributed by atoms with E-state index in [1.165, 1.54) is 11.8 Å². The predicted octanol–water partition coefficient (Wildman–Crippen LogP) is 3.40. The molecule has 0 aliphatic carbocycles. The van der Waals surface area contributed by atoms with E-state index >= 15 is 0 Å². The molecule has 0 bridgehead atoms. The lowest BCUT2D eigenvalue weighted by atomic mass is 10.1. The summed E-state index contributed by atoms with van der Waals surface area (Å²) in [5.74, 6) is 0.994. The Kier molecular flexibility index (Phi) is 7.09. The summed E-state index contributed by atoms with van der Waals surface area (Å²) in [6.45, 7) is 5.36. The molecule has 4 nitrogen and oxygen atoms in total. The Hall–Kier alpha value is -1.56. The van der Waals surface area contributed by atoms with Gasteiger partial charge in [-0.15, -0.1) is 0 Å². The van der Waals surface area contributed by atoms with Crippen molar-refractivity contribution in [1.29, 1.82) is 0 Å². The van der Waals surface area contributed by atoms with Crippen LogP contribution >= 0.6 is 11.8 Å². The number of thioether (sulfide) groups is 1. The van der Waals surface area contributed by atoms with E-state index in [1.807, 2.05) is 50.2 Å². The maximum absolute atomic E-state index is 12.5. The number of ketones is 1. The van der Waals surface area contributed by atoms with E-state index in [0.717, 1.165) is 29.1 Å². The van der Waals surface area contributed by atoms with Gasteiger partial charge >= 0.3 is 0 Å². The molecule has 130 valence electrons. The number of nitrogens with zero attached hydrogens (tertiary/aromatic N) is 1. The topological polar surface area (TPSA) is 51.5 Å². The molecule has 0 saturated carbocycles. The summed E-state index contributed by atoms with van der Waals surface area (Å²) < 4.78 is 7.23. The first-order valence-corrected chi connectivity index (χ1v) is 9.19. The van der Waals surface area contributed by atoms with E-state index in [0.29, 0.717) is 18.1 Å². The zero-order valence-corrected chi connectivity index (χ0v) is 15.3. The summed E-state index contributed by atoms with van der Waals surface area (Å²) in [5.41, 5.74) is 3.71. The molecule has 2 rings (SSSR count). The van der Waals surface area contributed by atoms with Crippen LogP contribution in [0.5, 0.6) is 0 Å². The van der Waals surface area contributed by atoms with Crippen molar-refractivity contribution in [3.8, 4) is 0 Å². The van der Waals surface area contributed by atoms with Crippen molar-refractivity contribution in [2.45, 2.75) is 26.5 Å². The van der Waals surface area contributed by atoms with Crippen LogP contribution in [0.3, 0.4) is 0 Å². The predicted molar refractivity (Wildman–Crippen MR) is 98.8 cm³/mol. The fraction of sp³-hybridized carbons (Fsp3) is 0.421. The summed E-state index contributed by atoms with van der Waals surface area (Å²) in [5, 5.41) is 10.2. The molecule has 2 aromatic rings. The normalized spacial score (nSPS) is 12.3. The van der Waals surface area contributed by atoms with E-state index < -0.39 is 6.10 Å². The Bertz CT molecular complexity index is 667. The highest BCUT2D eigenvalue weighted by Gasteiger charge is 2.16. The summed E-state index contributed by atoms with van der Waals surface area (Å²) in [4.78, 5) is 12.5. The van der Waals surface area contributed by atoms with Gasteiger partial charge in [-0.3, -0.25) is 4.79 Å². The molecule has 1 unspecified atom stereocenters. The third-order valence-electron chi connectivity index (χ3n) is 4.09. The molecule has 0 saturated heterocycles. The zero-order valence-electron chi connectivity index (χ0n) is 14.5. The SMILES string of the molecule is COCCn1c(C)cc(C(=O)CSCC(O)c2ccccc2)c1C. The molecule has 1 aromatic heterocycles. The standard InChI is InChI=1S/C19H25NO3S/c1-14-11-17(15(2)20(14)9-10-23-3)19(22)13-24-12-18(21)16-7-5-4-6-8-16/h4-8,11,18,21H,9-10,12-13H2,1-3H3. The smallest absolute Gasteiger partial charge is 0.174 e. The summed E-state index contributed by atoms with van der Waals surface area (Å²) in [6.07, 6.45) is -0.543. The van der Waals surface area contributed by atoms with Crippen LogP contribution in [-0.4, -0.2) is 40.7 Å². The zero-order chi connectivity index (χ0) is 17.5. The van der Waals surface area contributed by atoms with Crippen LogP contribution < -0.4 is 0 Å². The largest absolute Gasteiger partial charge is 0.388 e. The molecule has 1 N–H and O–H groups in total. The molecule has 5 heteroatoms. The number of hydrogen-bond donors (Lipinski definition) is 1. The van der Waals surface area contributed by atoms with E-state index in [4.69, 9.17) is 4.74 Å².